The lowest BCUT2D eigenvalue weighted by atomic mass is 10.0. The summed E-state index contributed by atoms with van der Waals surface area (Å²) in [6.07, 6.45) is 1.65. The molecule has 0 spiro atoms. The number of nitrogens with zero attached hydrogens (tertiary/aromatic N) is 1. The smallest absolute Gasteiger partial charge is 0.273 e. The Morgan fingerprint density at radius 2 is 2.10 bits per heavy atom. The molecule has 0 aliphatic rings. The molecule has 0 aliphatic heterocycles. The first-order chi connectivity index (χ1) is 9.41. The summed E-state index contributed by atoms with van der Waals surface area (Å²) in [6, 6.07) is 3.46. The second kappa shape index (κ2) is 7.85. The standard InChI is InChI=1S/C15H24N2O3/c1-10(2)12(18)7-9-17-15(19)14-13(20-11(3)4)6-5-8-16-14/h5-6,8,10-12,18H,7,9H2,1-4H3,(H,17,19). The molecule has 0 aromatic carbocycles. The molecule has 1 unspecified atom stereocenters. The number of hydrogen-bond donors (Lipinski definition) is 2. The van der Waals surface area contributed by atoms with Gasteiger partial charge in [-0.25, -0.2) is 4.98 Å². The summed E-state index contributed by atoms with van der Waals surface area (Å²) in [4.78, 5) is 16.1. The Kier molecular flexibility index (Phi) is 6.45. The predicted octanol–water partition coefficient (Wildman–Crippen LogP) is 2.01. The van der Waals surface area contributed by atoms with Crippen molar-refractivity contribution in [3.8, 4) is 5.75 Å². The lowest BCUT2D eigenvalue weighted by molar-refractivity contribution is 0.0910. The van der Waals surface area contributed by atoms with E-state index >= 15 is 0 Å². The van der Waals surface area contributed by atoms with Crippen LogP contribution in [-0.4, -0.2) is 34.8 Å². The molecule has 1 rings (SSSR count). The number of nitrogens with one attached hydrogen (secondary N) is 1. The fourth-order valence-corrected chi connectivity index (χ4v) is 1.66. The van der Waals surface area contributed by atoms with Gasteiger partial charge in [0.2, 0.25) is 0 Å². The van der Waals surface area contributed by atoms with Crippen LogP contribution in [0.4, 0.5) is 0 Å². The molecule has 0 bridgehead atoms. The highest BCUT2D eigenvalue weighted by Crippen LogP contribution is 2.16. The quantitative estimate of drug-likeness (QED) is 0.801. The summed E-state index contributed by atoms with van der Waals surface area (Å²) in [5.74, 6) is 0.378. The molecule has 2 N–H and O–H groups in total. The molecular weight excluding hydrogens is 256 g/mol. The van der Waals surface area contributed by atoms with Gasteiger partial charge in [0.1, 0.15) is 0 Å². The molecule has 20 heavy (non-hydrogen) atoms. The molecule has 1 aromatic rings. The SMILES string of the molecule is CC(C)Oc1cccnc1C(=O)NCCC(O)C(C)C. The van der Waals surface area contributed by atoms with E-state index in [0.717, 1.165) is 0 Å². The van der Waals surface area contributed by atoms with Gasteiger partial charge in [0.05, 0.1) is 12.2 Å². The van der Waals surface area contributed by atoms with Gasteiger partial charge in [-0.05, 0) is 38.3 Å². The van der Waals surface area contributed by atoms with Gasteiger partial charge in [-0.1, -0.05) is 13.8 Å². The zero-order valence-corrected chi connectivity index (χ0v) is 12.6. The maximum Gasteiger partial charge on any atom is 0.273 e. The third-order valence-corrected chi connectivity index (χ3v) is 2.84. The minimum atomic E-state index is -0.412. The molecule has 0 saturated heterocycles. The first-order valence-corrected chi connectivity index (χ1v) is 6.99. The zero-order valence-electron chi connectivity index (χ0n) is 12.6. The molecule has 0 fully saturated rings. The fraction of sp³-hybridized carbons (Fsp3) is 0.600. The number of aromatic nitrogens is 1. The van der Waals surface area contributed by atoms with Crippen LogP contribution in [-0.2, 0) is 0 Å². The van der Waals surface area contributed by atoms with Crippen LogP contribution in [0.2, 0.25) is 0 Å². The average molecular weight is 280 g/mol. The molecule has 0 aliphatic carbocycles. The molecule has 0 radical (unpaired) electrons. The van der Waals surface area contributed by atoms with Crippen LogP contribution in [0, 0.1) is 5.92 Å². The van der Waals surface area contributed by atoms with Crippen molar-refractivity contribution in [1.82, 2.24) is 10.3 Å². The van der Waals surface area contributed by atoms with Gasteiger partial charge in [0.25, 0.3) is 5.91 Å². The van der Waals surface area contributed by atoms with Crippen molar-refractivity contribution in [1.29, 1.82) is 0 Å². The highest BCUT2D eigenvalue weighted by atomic mass is 16.5. The van der Waals surface area contributed by atoms with Gasteiger partial charge < -0.3 is 15.2 Å². The Balaban J connectivity index is 2.59. The summed E-state index contributed by atoms with van der Waals surface area (Å²) < 4.78 is 5.56. The normalized spacial score (nSPS) is 12.6. The van der Waals surface area contributed by atoms with E-state index in [1.54, 1.807) is 18.3 Å². The van der Waals surface area contributed by atoms with E-state index in [2.05, 4.69) is 10.3 Å². The highest BCUT2D eigenvalue weighted by Gasteiger charge is 2.15. The predicted molar refractivity (Wildman–Crippen MR) is 77.8 cm³/mol. The maximum atomic E-state index is 12.1. The second-order valence-corrected chi connectivity index (χ2v) is 5.37. The van der Waals surface area contributed by atoms with Crippen LogP contribution in [0.15, 0.2) is 18.3 Å². The first kappa shape index (κ1) is 16.4. The molecule has 1 atom stereocenters. The molecule has 5 nitrogen and oxygen atoms in total. The third-order valence-electron chi connectivity index (χ3n) is 2.84. The Morgan fingerprint density at radius 1 is 1.40 bits per heavy atom. The van der Waals surface area contributed by atoms with Crippen molar-refractivity contribution in [2.75, 3.05) is 6.54 Å². The van der Waals surface area contributed by atoms with E-state index in [4.69, 9.17) is 4.74 Å². The van der Waals surface area contributed by atoms with E-state index in [9.17, 15) is 9.90 Å². The number of ether oxygens (including phenoxy) is 1. The molecular formula is C15H24N2O3. The summed E-state index contributed by atoms with van der Waals surface area (Å²) in [5.41, 5.74) is 0.278. The molecule has 112 valence electrons. The van der Waals surface area contributed by atoms with E-state index in [-0.39, 0.29) is 23.6 Å². The Bertz CT molecular complexity index is 433. The maximum absolute atomic E-state index is 12.1. The first-order valence-electron chi connectivity index (χ1n) is 6.99. The second-order valence-electron chi connectivity index (χ2n) is 5.37. The van der Waals surface area contributed by atoms with Crippen molar-refractivity contribution < 1.29 is 14.6 Å². The van der Waals surface area contributed by atoms with Crippen molar-refractivity contribution in [2.24, 2.45) is 5.92 Å². The van der Waals surface area contributed by atoms with Crippen LogP contribution < -0.4 is 10.1 Å². The van der Waals surface area contributed by atoms with Crippen molar-refractivity contribution in [3.05, 3.63) is 24.0 Å². The van der Waals surface area contributed by atoms with Crippen LogP contribution in [0.1, 0.15) is 44.6 Å². The van der Waals surface area contributed by atoms with Gasteiger partial charge in [0, 0.05) is 12.7 Å². The number of hydrogen-bond acceptors (Lipinski definition) is 4. The van der Waals surface area contributed by atoms with Crippen molar-refractivity contribution >= 4 is 5.91 Å². The number of aliphatic hydroxyl groups is 1. The van der Waals surface area contributed by atoms with Crippen LogP contribution in [0.5, 0.6) is 5.75 Å². The minimum Gasteiger partial charge on any atom is -0.489 e. The average Bonchev–Trinajstić information content (AvgIpc) is 2.38. The van der Waals surface area contributed by atoms with Gasteiger partial charge >= 0.3 is 0 Å². The lowest BCUT2D eigenvalue weighted by Crippen LogP contribution is -2.29. The van der Waals surface area contributed by atoms with Crippen LogP contribution >= 0.6 is 0 Å². The monoisotopic (exact) mass is 280 g/mol. The van der Waals surface area contributed by atoms with Gasteiger partial charge in [0.15, 0.2) is 11.4 Å². The van der Waals surface area contributed by atoms with Crippen molar-refractivity contribution in [2.45, 2.75) is 46.3 Å². The Morgan fingerprint density at radius 3 is 2.70 bits per heavy atom. The number of pyridine rings is 1. The molecule has 0 saturated carbocycles. The Hall–Kier alpha value is -1.62. The van der Waals surface area contributed by atoms with E-state index in [0.29, 0.717) is 18.7 Å². The number of amides is 1. The number of rotatable bonds is 7. The van der Waals surface area contributed by atoms with Crippen molar-refractivity contribution in [3.63, 3.8) is 0 Å². The van der Waals surface area contributed by atoms with Gasteiger partial charge in [-0.15, -0.1) is 0 Å². The lowest BCUT2D eigenvalue weighted by Gasteiger charge is -2.15. The number of carbonyl (C=O) groups is 1. The molecule has 1 heterocycles. The highest BCUT2D eigenvalue weighted by molar-refractivity contribution is 5.94. The molecule has 5 heteroatoms. The van der Waals surface area contributed by atoms with E-state index in [1.807, 2.05) is 27.7 Å². The van der Waals surface area contributed by atoms with E-state index in [1.165, 1.54) is 0 Å². The van der Waals surface area contributed by atoms with Crippen LogP contribution in [0.3, 0.4) is 0 Å². The summed E-state index contributed by atoms with van der Waals surface area (Å²) in [6.45, 7) is 8.09. The molecule has 1 aromatic heterocycles. The summed E-state index contributed by atoms with van der Waals surface area (Å²) >= 11 is 0. The van der Waals surface area contributed by atoms with Gasteiger partial charge in [-0.3, -0.25) is 4.79 Å². The summed E-state index contributed by atoms with van der Waals surface area (Å²) in [5, 5.41) is 12.4. The fourth-order valence-electron chi connectivity index (χ4n) is 1.66. The minimum absolute atomic E-state index is 0.0199. The molecule has 1 amide bonds. The largest absolute Gasteiger partial charge is 0.489 e. The van der Waals surface area contributed by atoms with Crippen LogP contribution in [0.25, 0.3) is 0 Å². The summed E-state index contributed by atoms with van der Waals surface area (Å²) in [7, 11) is 0. The number of carbonyl (C=O) groups excluding carboxylic acids is 1. The topological polar surface area (TPSA) is 71.5 Å². The Labute approximate surface area is 120 Å². The third kappa shape index (κ3) is 5.17. The van der Waals surface area contributed by atoms with E-state index < -0.39 is 6.10 Å². The number of aliphatic hydroxyl groups excluding tert-OH is 1. The van der Waals surface area contributed by atoms with Gasteiger partial charge in [-0.2, -0.15) is 0 Å². The zero-order chi connectivity index (χ0) is 15.1.